The number of carbonyl (C=O) groups is 6. The van der Waals surface area contributed by atoms with Gasteiger partial charge in [-0.05, 0) is 19.3 Å². The van der Waals surface area contributed by atoms with Crippen molar-refractivity contribution in [1.29, 1.82) is 0 Å². The lowest BCUT2D eigenvalue weighted by Gasteiger charge is -2.29. The van der Waals surface area contributed by atoms with Crippen molar-refractivity contribution in [1.82, 2.24) is 15.5 Å². The SMILES string of the molecule is NC(=O)CCC(NC(=O)C1CCCN1C(=O)C(CC(=O)O)NC(=O)C(N)CO)C(=O)O. The summed E-state index contributed by atoms with van der Waals surface area (Å²) < 4.78 is 0. The van der Waals surface area contributed by atoms with Gasteiger partial charge in [0.15, 0.2) is 0 Å². The molecule has 1 rings (SSSR count). The number of nitrogens with zero attached hydrogens (tertiary/aromatic N) is 1. The van der Waals surface area contributed by atoms with E-state index in [9.17, 15) is 33.9 Å². The van der Waals surface area contributed by atoms with Crippen molar-refractivity contribution in [2.75, 3.05) is 13.2 Å². The molecule has 9 N–H and O–H groups in total. The number of primary amides is 1. The molecule has 14 heteroatoms. The number of carboxylic acids is 2. The molecule has 0 radical (unpaired) electrons. The summed E-state index contributed by atoms with van der Waals surface area (Å²) in [7, 11) is 0. The summed E-state index contributed by atoms with van der Waals surface area (Å²) >= 11 is 0. The molecule has 0 aliphatic carbocycles. The van der Waals surface area contributed by atoms with Crippen molar-refractivity contribution < 1.29 is 44.1 Å². The Balaban J connectivity index is 2.94. The fraction of sp³-hybridized carbons (Fsp3) is 0.647. The second-order valence-electron chi connectivity index (χ2n) is 7.04. The Morgan fingerprint density at radius 2 is 1.71 bits per heavy atom. The van der Waals surface area contributed by atoms with Crippen LogP contribution in [0.3, 0.4) is 0 Å². The third-order valence-electron chi connectivity index (χ3n) is 4.66. The molecule has 14 nitrogen and oxygen atoms in total. The van der Waals surface area contributed by atoms with E-state index in [1.165, 1.54) is 0 Å². The van der Waals surface area contributed by atoms with Crippen LogP contribution in [0.5, 0.6) is 0 Å². The summed E-state index contributed by atoms with van der Waals surface area (Å²) in [5.74, 6) is -6.13. The zero-order valence-electron chi connectivity index (χ0n) is 16.7. The van der Waals surface area contributed by atoms with Crippen molar-refractivity contribution in [2.24, 2.45) is 11.5 Å². The first kappa shape index (κ1) is 25.8. The maximum absolute atomic E-state index is 12.9. The zero-order chi connectivity index (χ0) is 23.7. The fourth-order valence-corrected chi connectivity index (χ4v) is 3.05. The Hall–Kier alpha value is -3.26. The summed E-state index contributed by atoms with van der Waals surface area (Å²) in [6, 6.07) is -5.42. The normalized spacial score (nSPS) is 18.5. The molecular weight excluding hydrogens is 418 g/mol. The van der Waals surface area contributed by atoms with Crippen molar-refractivity contribution >= 4 is 35.6 Å². The van der Waals surface area contributed by atoms with Gasteiger partial charge in [0.1, 0.15) is 24.2 Å². The lowest BCUT2D eigenvalue weighted by atomic mass is 10.1. The summed E-state index contributed by atoms with van der Waals surface area (Å²) in [5.41, 5.74) is 10.4. The first-order valence-corrected chi connectivity index (χ1v) is 9.48. The summed E-state index contributed by atoms with van der Waals surface area (Å²) in [5, 5.41) is 31.6. The average Bonchev–Trinajstić information content (AvgIpc) is 3.18. The highest BCUT2D eigenvalue weighted by molar-refractivity contribution is 5.96. The van der Waals surface area contributed by atoms with Crippen LogP contribution in [0.2, 0.25) is 0 Å². The van der Waals surface area contributed by atoms with Crippen LogP contribution in [0.25, 0.3) is 0 Å². The molecule has 0 spiro atoms. The Morgan fingerprint density at radius 3 is 2.23 bits per heavy atom. The summed E-state index contributed by atoms with van der Waals surface area (Å²) in [6.45, 7) is -0.648. The Kier molecular flexibility index (Phi) is 9.82. The van der Waals surface area contributed by atoms with Crippen LogP contribution in [0.15, 0.2) is 0 Å². The fourth-order valence-electron chi connectivity index (χ4n) is 3.05. The average molecular weight is 445 g/mol. The maximum atomic E-state index is 12.9. The number of aliphatic hydroxyl groups is 1. The van der Waals surface area contributed by atoms with Crippen molar-refractivity contribution in [3.63, 3.8) is 0 Å². The number of nitrogens with two attached hydrogens (primary N) is 2. The molecule has 0 aromatic rings. The Labute approximate surface area is 176 Å². The van der Waals surface area contributed by atoms with Gasteiger partial charge in [0, 0.05) is 13.0 Å². The molecule has 0 aromatic heterocycles. The molecule has 4 unspecified atom stereocenters. The monoisotopic (exact) mass is 445 g/mol. The van der Waals surface area contributed by atoms with Crippen LogP contribution >= 0.6 is 0 Å². The molecule has 4 atom stereocenters. The number of carboxylic acid groups (broad SMARTS) is 2. The highest BCUT2D eigenvalue weighted by Crippen LogP contribution is 2.20. The molecule has 174 valence electrons. The van der Waals surface area contributed by atoms with Gasteiger partial charge in [-0.25, -0.2) is 4.79 Å². The largest absolute Gasteiger partial charge is 0.481 e. The van der Waals surface area contributed by atoms with Gasteiger partial charge in [-0.3, -0.25) is 24.0 Å². The standard InChI is InChI=1S/C17H27N5O9/c18-8(7-23)14(27)21-10(6-13(25)26)16(29)22-5-1-2-11(22)15(28)20-9(17(30)31)3-4-12(19)24/h8-11,23H,1-7,18H2,(H2,19,24)(H,20,28)(H,21,27)(H,25,26)(H,30,31). The second-order valence-corrected chi connectivity index (χ2v) is 7.04. The predicted molar refractivity (Wildman–Crippen MR) is 102 cm³/mol. The van der Waals surface area contributed by atoms with E-state index in [4.69, 9.17) is 21.7 Å². The number of aliphatic carboxylic acids is 2. The summed E-state index contributed by atoms with van der Waals surface area (Å²) in [6.07, 6.45) is -0.740. The highest BCUT2D eigenvalue weighted by Gasteiger charge is 2.39. The number of hydrogen-bond donors (Lipinski definition) is 7. The van der Waals surface area contributed by atoms with E-state index >= 15 is 0 Å². The van der Waals surface area contributed by atoms with Gasteiger partial charge in [-0.15, -0.1) is 0 Å². The Morgan fingerprint density at radius 1 is 1.06 bits per heavy atom. The lowest BCUT2D eigenvalue weighted by Crippen LogP contribution is -2.57. The van der Waals surface area contributed by atoms with Gasteiger partial charge in [-0.1, -0.05) is 0 Å². The molecule has 1 saturated heterocycles. The quantitative estimate of drug-likeness (QED) is 0.154. The topological polar surface area (TPSA) is 242 Å². The molecule has 0 bridgehead atoms. The Bertz CT molecular complexity index is 729. The smallest absolute Gasteiger partial charge is 0.326 e. The van der Waals surface area contributed by atoms with Gasteiger partial charge < -0.3 is 42.3 Å². The van der Waals surface area contributed by atoms with E-state index in [-0.39, 0.29) is 25.8 Å². The van der Waals surface area contributed by atoms with Gasteiger partial charge in [0.05, 0.1) is 13.0 Å². The van der Waals surface area contributed by atoms with Gasteiger partial charge in [-0.2, -0.15) is 0 Å². The molecule has 1 aliphatic heterocycles. The zero-order valence-corrected chi connectivity index (χ0v) is 16.7. The van der Waals surface area contributed by atoms with E-state index in [1.807, 2.05) is 0 Å². The number of hydrogen-bond acceptors (Lipinski definition) is 8. The number of likely N-dealkylation sites (tertiary alicyclic amines) is 1. The number of amides is 4. The van der Waals surface area contributed by atoms with Gasteiger partial charge >= 0.3 is 11.9 Å². The van der Waals surface area contributed by atoms with Crippen LogP contribution in [0, 0.1) is 0 Å². The number of aliphatic hydroxyl groups excluding tert-OH is 1. The van der Waals surface area contributed by atoms with E-state index in [0.717, 1.165) is 4.90 Å². The first-order valence-electron chi connectivity index (χ1n) is 9.48. The number of carbonyl (C=O) groups excluding carboxylic acids is 4. The molecule has 1 heterocycles. The minimum absolute atomic E-state index is 0.0774. The van der Waals surface area contributed by atoms with E-state index in [2.05, 4.69) is 10.6 Å². The molecule has 1 aliphatic rings. The molecule has 31 heavy (non-hydrogen) atoms. The number of nitrogens with one attached hydrogen (secondary N) is 2. The van der Waals surface area contributed by atoms with Crippen LogP contribution in [-0.4, -0.2) is 93.1 Å². The second kappa shape index (κ2) is 11.8. The van der Waals surface area contributed by atoms with E-state index in [1.54, 1.807) is 0 Å². The molecule has 0 saturated carbocycles. The highest BCUT2D eigenvalue weighted by atomic mass is 16.4. The van der Waals surface area contributed by atoms with E-state index < -0.39 is 72.8 Å². The third kappa shape index (κ3) is 7.82. The van der Waals surface area contributed by atoms with Crippen LogP contribution < -0.4 is 22.1 Å². The number of rotatable bonds is 12. The molecule has 0 aromatic carbocycles. The van der Waals surface area contributed by atoms with Crippen LogP contribution in [0.4, 0.5) is 0 Å². The van der Waals surface area contributed by atoms with E-state index in [0.29, 0.717) is 6.42 Å². The van der Waals surface area contributed by atoms with Crippen LogP contribution in [0.1, 0.15) is 32.1 Å². The maximum Gasteiger partial charge on any atom is 0.326 e. The third-order valence-corrected chi connectivity index (χ3v) is 4.66. The van der Waals surface area contributed by atoms with Crippen molar-refractivity contribution in [3.8, 4) is 0 Å². The van der Waals surface area contributed by atoms with Crippen molar-refractivity contribution in [3.05, 3.63) is 0 Å². The lowest BCUT2D eigenvalue weighted by molar-refractivity contribution is -0.147. The van der Waals surface area contributed by atoms with Gasteiger partial charge in [0.25, 0.3) is 0 Å². The molecule has 4 amide bonds. The van der Waals surface area contributed by atoms with Gasteiger partial charge in [0.2, 0.25) is 23.6 Å². The summed E-state index contributed by atoms with van der Waals surface area (Å²) in [4.78, 5) is 71.8. The predicted octanol–water partition coefficient (Wildman–Crippen LogP) is -3.91. The molecular formula is C17H27N5O9. The minimum atomic E-state index is -1.54. The molecule has 1 fully saturated rings. The van der Waals surface area contributed by atoms with Crippen molar-refractivity contribution in [2.45, 2.75) is 56.3 Å². The minimum Gasteiger partial charge on any atom is -0.481 e. The first-order chi connectivity index (χ1) is 14.5. The van der Waals surface area contributed by atoms with Crippen LogP contribution in [-0.2, 0) is 28.8 Å².